The van der Waals surface area contributed by atoms with Crippen LogP contribution in [0.25, 0.3) is 0 Å². The first-order chi connectivity index (χ1) is 18.3. The first-order valence-corrected chi connectivity index (χ1v) is 12.7. The van der Waals surface area contributed by atoms with Crippen LogP contribution < -0.4 is 10.1 Å². The van der Waals surface area contributed by atoms with Gasteiger partial charge in [0.05, 0.1) is 5.02 Å². The molecule has 3 rings (SSSR count). The molecule has 2 aromatic rings. The molecule has 1 fully saturated rings. The summed E-state index contributed by atoms with van der Waals surface area (Å²) in [5.74, 6) is -0.665. The molecule has 1 amide bonds. The molecule has 38 heavy (non-hydrogen) atoms. The lowest BCUT2D eigenvalue weighted by atomic mass is 10.1. The van der Waals surface area contributed by atoms with Gasteiger partial charge in [-0.25, -0.2) is 23.4 Å². The molecule has 2 aromatic carbocycles. The Morgan fingerprint density at radius 3 is 2.47 bits per heavy atom. The van der Waals surface area contributed by atoms with E-state index in [1.165, 1.54) is 30.3 Å². The van der Waals surface area contributed by atoms with Gasteiger partial charge in [0.25, 0.3) is 0 Å². The van der Waals surface area contributed by atoms with E-state index in [0.717, 1.165) is 19.5 Å². The molecule has 0 radical (unpaired) electrons. The second-order valence-electron chi connectivity index (χ2n) is 8.01. The van der Waals surface area contributed by atoms with Crippen LogP contribution in [0.3, 0.4) is 0 Å². The fourth-order valence-corrected chi connectivity index (χ4v) is 3.88. The molecular formula is C27H32Cl2F2N2O5. The Kier molecular flexibility index (Phi) is 14.1. The molecule has 0 bridgehead atoms. The number of halogens is 4. The van der Waals surface area contributed by atoms with Crippen molar-refractivity contribution in [2.24, 2.45) is 0 Å². The highest BCUT2D eigenvalue weighted by Gasteiger charge is 2.26. The highest BCUT2D eigenvalue weighted by Crippen LogP contribution is 2.27. The van der Waals surface area contributed by atoms with E-state index in [1.807, 2.05) is 6.92 Å². The summed E-state index contributed by atoms with van der Waals surface area (Å²) < 4.78 is 37.8. The van der Waals surface area contributed by atoms with Gasteiger partial charge in [0.2, 0.25) is 0 Å². The zero-order valence-electron chi connectivity index (χ0n) is 21.2. The molecule has 1 unspecified atom stereocenters. The van der Waals surface area contributed by atoms with Crippen molar-refractivity contribution in [3.8, 4) is 5.75 Å². The van der Waals surface area contributed by atoms with E-state index >= 15 is 0 Å². The van der Waals surface area contributed by atoms with Crippen molar-refractivity contribution in [2.45, 2.75) is 32.6 Å². The number of carbonyl (C=O) groups excluding carboxylic acids is 1. The van der Waals surface area contributed by atoms with E-state index < -0.39 is 17.7 Å². The lowest BCUT2D eigenvalue weighted by molar-refractivity contribution is -0.296. The quantitative estimate of drug-likeness (QED) is 0.144. The van der Waals surface area contributed by atoms with Gasteiger partial charge >= 0.3 is 6.09 Å². The van der Waals surface area contributed by atoms with Gasteiger partial charge in [0, 0.05) is 47.9 Å². The maximum absolute atomic E-state index is 14.2. The maximum atomic E-state index is 14.2. The molecule has 0 aromatic heterocycles. The Labute approximate surface area is 231 Å². The number of hydrogen-bond acceptors (Lipinski definition) is 6. The van der Waals surface area contributed by atoms with Crippen molar-refractivity contribution in [3.05, 3.63) is 88.4 Å². The lowest BCUT2D eigenvalue weighted by Gasteiger charge is -2.34. The third-order valence-corrected chi connectivity index (χ3v) is 6.10. The minimum absolute atomic E-state index is 0.0145. The molecule has 1 saturated heterocycles. The Bertz CT molecular complexity index is 1030. The molecule has 0 aliphatic carbocycles. The van der Waals surface area contributed by atoms with Gasteiger partial charge < -0.3 is 19.7 Å². The Morgan fingerprint density at radius 1 is 1.08 bits per heavy atom. The molecule has 1 aliphatic heterocycles. The van der Waals surface area contributed by atoms with E-state index in [9.17, 15) is 13.6 Å². The average molecular weight is 573 g/mol. The second-order valence-corrected chi connectivity index (χ2v) is 8.83. The number of ether oxygens (including phenoxy) is 2. The first-order valence-electron chi connectivity index (χ1n) is 12.0. The lowest BCUT2D eigenvalue weighted by Crippen LogP contribution is -2.53. The molecule has 1 aliphatic rings. The minimum atomic E-state index is -0.568. The normalized spacial score (nSPS) is 14.8. The molecule has 1 heterocycles. The summed E-state index contributed by atoms with van der Waals surface area (Å²) in [4.78, 5) is 23.3. The number of nitrogens with zero attached hydrogens (tertiary/aromatic N) is 1. The van der Waals surface area contributed by atoms with E-state index in [4.69, 9.17) is 37.6 Å². The largest absolute Gasteiger partial charge is 0.489 e. The van der Waals surface area contributed by atoms with Gasteiger partial charge in [-0.15, -0.1) is 6.58 Å². The average Bonchev–Trinajstić information content (AvgIpc) is 2.91. The van der Waals surface area contributed by atoms with Crippen molar-refractivity contribution in [1.29, 1.82) is 0 Å². The molecule has 0 saturated carbocycles. The van der Waals surface area contributed by atoms with E-state index in [2.05, 4.69) is 23.4 Å². The smallest absolute Gasteiger partial charge is 0.410 e. The summed E-state index contributed by atoms with van der Waals surface area (Å²) in [7, 11) is 0. The van der Waals surface area contributed by atoms with Crippen molar-refractivity contribution >= 4 is 29.3 Å². The van der Waals surface area contributed by atoms with Crippen molar-refractivity contribution in [3.63, 3.8) is 0 Å². The van der Waals surface area contributed by atoms with Crippen molar-refractivity contribution in [1.82, 2.24) is 10.2 Å². The van der Waals surface area contributed by atoms with Gasteiger partial charge in [-0.1, -0.05) is 54.9 Å². The van der Waals surface area contributed by atoms with Gasteiger partial charge in [-0.05, 0) is 24.6 Å². The second kappa shape index (κ2) is 17.0. The number of benzene rings is 2. The predicted molar refractivity (Wildman–Crippen MR) is 143 cm³/mol. The molecule has 1 N–H and O–H groups in total. The molecule has 11 heteroatoms. The fraction of sp³-hybridized carbons (Fsp3) is 0.370. The summed E-state index contributed by atoms with van der Waals surface area (Å²) in [5, 5.41) is 3.72. The monoisotopic (exact) mass is 572 g/mol. The Morgan fingerprint density at radius 2 is 1.82 bits per heavy atom. The van der Waals surface area contributed by atoms with Crippen LogP contribution in [0.15, 0.2) is 55.6 Å². The van der Waals surface area contributed by atoms with Crippen LogP contribution in [-0.2, 0) is 27.7 Å². The van der Waals surface area contributed by atoms with Gasteiger partial charge in [-0.2, -0.15) is 0 Å². The van der Waals surface area contributed by atoms with Crippen LogP contribution in [0.1, 0.15) is 24.5 Å². The molecule has 7 nitrogen and oxygen atoms in total. The zero-order valence-corrected chi connectivity index (χ0v) is 22.7. The molecule has 1 atom stereocenters. The fourth-order valence-electron chi connectivity index (χ4n) is 3.41. The van der Waals surface area contributed by atoms with Crippen molar-refractivity contribution in [2.75, 3.05) is 32.8 Å². The third-order valence-electron chi connectivity index (χ3n) is 5.41. The van der Waals surface area contributed by atoms with Crippen molar-refractivity contribution < 1.29 is 32.8 Å². The summed E-state index contributed by atoms with van der Waals surface area (Å²) in [6.07, 6.45) is 3.46. The topological polar surface area (TPSA) is 69.3 Å². The SMILES string of the molecule is C=CCOOCc1c(F)cccc1Cl.C=CCOc1cc(F)c(COC(=O)N2CCNCC2CC)c(Cl)c1. The number of amides is 1. The highest BCUT2D eigenvalue weighted by atomic mass is 35.5. The van der Waals surface area contributed by atoms with Gasteiger partial charge in [-0.3, -0.25) is 0 Å². The first kappa shape index (κ1) is 31.5. The summed E-state index contributed by atoms with van der Waals surface area (Å²) in [5.41, 5.74) is 0.428. The van der Waals surface area contributed by atoms with Gasteiger partial charge in [0.15, 0.2) is 0 Å². The summed E-state index contributed by atoms with van der Waals surface area (Å²) in [6.45, 7) is 11.3. The third kappa shape index (κ3) is 9.89. The van der Waals surface area contributed by atoms with Crippen LogP contribution in [-0.4, -0.2) is 49.9 Å². The van der Waals surface area contributed by atoms with Crippen LogP contribution in [0.5, 0.6) is 5.75 Å². The van der Waals surface area contributed by atoms with Crippen LogP contribution in [0.4, 0.5) is 13.6 Å². The van der Waals surface area contributed by atoms with E-state index in [0.29, 0.717) is 22.9 Å². The standard InChI is InChI=1S/C17H22ClFN2O3.C10H10ClFO2/c1-3-7-23-13-8-15(18)14(16(19)9-13)11-24-17(22)21-6-5-20-10-12(21)4-2;1-2-6-13-14-7-8-9(11)4-3-5-10(8)12/h3,8-9,12,20H,1,4-7,10-11H2,2H3;2-5H,1,6-7H2. The van der Waals surface area contributed by atoms with Gasteiger partial charge in [0.1, 0.15) is 43.8 Å². The summed E-state index contributed by atoms with van der Waals surface area (Å²) in [6, 6.07) is 7.25. The highest BCUT2D eigenvalue weighted by molar-refractivity contribution is 6.31. The van der Waals surface area contributed by atoms with E-state index in [1.54, 1.807) is 17.0 Å². The van der Waals surface area contributed by atoms with Crippen LogP contribution >= 0.6 is 23.2 Å². The Balaban J connectivity index is 0.000000308. The van der Waals surface area contributed by atoms with Crippen LogP contribution in [0, 0.1) is 11.6 Å². The Hall–Kier alpha value is -2.69. The minimum Gasteiger partial charge on any atom is -0.489 e. The number of rotatable bonds is 11. The van der Waals surface area contributed by atoms with E-state index in [-0.39, 0.29) is 43.1 Å². The number of nitrogens with one attached hydrogen (secondary N) is 1. The predicted octanol–water partition coefficient (Wildman–Crippen LogP) is 6.48. The zero-order chi connectivity index (χ0) is 27.9. The molecule has 0 spiro atoms. The molecule has 208 valence electrons. The number of piperazine rings is 1. The molecular weight excluding hydrogens is 541 g/mol. The number of carbonyl (C=O) groups is 1. The summed E-state index contributed by atoms with van der Waals surface area (Å²) >= 11 is 11.8. The van der Waals surface area contributed by atoms with Crippen LogP contribution in [0.2, 0.25) is 10.0 Å². The number of hydrogen-bond donors (Lipinski definition) is 1. The maximum Gasteiger partial charge on any atom is 0.410 e.